The number of benzene rings is 1. The SMILES string of the molecule is C=CC(=O)N1C[C@H](C)n2nc(-c3nc(-c4cnc5c(c4)CN(CC(=O)N(C)C)CC5)c4ccsc4c3-c3c(F)cc(F)cc3OCCOC)cc2[C@H]1C. The van der Waals surface area contributed by atoms with Gasteiger partial charge in [-0.15, -0.1) is 11.3 Å². The molecule has 6 heterocycles. The summed E-state index contributed by atoms with van der Waals surface area (Å²) in [5.74, 6) is -1.72. The minimum atomic E-state index is -0.806. The van der Waals surface area contributed by atoms with Gasteiger partial charge < -0.3 is 19.3 Å². The fourth-order valence-electron chi connectivity index (χ4n) is 7.15. The molecule has 2 aliphatic heterocycles. The number of nitrogens with zero attached hydrogens (tertiary/aromatic N) is 7. The Morgan fingerprint density at radius 3 is 2.68 bits per heavy atom. The second-order valence-electron chi connectivity index (χ2n) is 13.6. The zero-order valence-corrected chi connectivity index (χ0v) is 31.2. The van der Waals surface area contributed by atoms with Gasteiger partial charge in [-0.1, -0.05) is 6.58 Å². The molecule has 0 fully saturated rings. The summed E-state index contributed by atoms with van der Waals surface area (Å²) in [6.07, 6.45) is 3.82. The maximum atomic E-state index is 16.3. The number of hydrogen-bond donors (Lipinski definition) is 0. The molecule has 276 valence electrons. The van der Waals surface area contributed by atoms with Crippen molar-refractivity contribution >= 4 is 33.2 Å². The quantitative estimate of drug-likeness (QED) is 0.122. The molecule has 7 rings (SSSR count). The Bertz CT molecular complexity index is 2230. The molecular formula is C39H41F2N7O4S. The predicted octanol–water partition coefficient (Wildman–Crippen LogP) is 6.29. The molecule has 0 aliphatic carbocycles. The van der Waals surface area contributed by atoms with Crippen LogP contribution in [-0.4, -0.2) is 100 Å². The molecule has 0 N–H and O–H groups in total. The molecule has 0 unspecified atom stereocenters. The Morgan fingerprint density at radius 1 is 1.11 bits per heavy atom. The minimum absolute atomic E-state index is 0.0151. The van der Waals surface area contributed by atoms with E-state index in [4.69, 9.17) is 24.5 Å². The lowest BCUT2D eigenvalue weighted by Crippen LogP contribution is -2.42. The lowest BCUT2D eigenvalue weighted by Gasteiger charge is -2.36. The molecule has 0 radical (unpaired) electrons. The molecule has 14 heteroatoms. The van der Waals surface area contributed by atoms with Crippen molar-refractivity contribution in [1.82, 2.24) is 34.4 Å². The van der Waals surface area contributed by atoms with Gasteiger partial charge >= 0.3 is 0 Å². The number of carbonyl (C=O) groups excluding carboxylic acids is 2. The summed E-state index contributed by atoms with van der Waals surface area (Å²) in [5, 5.41) is 7.71. The van der Waals surface area contributed by atoms with Crippen LogP contribution >= 0.6 is 11.3 Å². The van der Waals surface area contributed by atoms with Crippen LogP contribution in [-0.2, 0) is 27.3 Å². The fourth-order valence-corrected chi connectivity index (χ4v) is 8.10. The van der Waals surface area contributed by atoms with Crippen molar-refractivity contribution in [2.24, 2.45) is 0 Å². The Labute approximate surface area is 310 Å². The van der Waals surface area contributed by atoms with Crippen LogP contribution in [0.1, 0.15) is 42.9 Å². The molecule has 53 heavy (non-hydrogen) atoms. The largest absolute Gasteiger partial charge is 0.490 e. The van der Waals surface area contributed by atoms with E-state index >= 15 is 4.39 Å². The summed E-state index contributed by atoms with van der Waals surface area (Å²) in [6, 6.07) is 7.41. The van der Waals surface area contributed by atoms with Crippen molar-refractivity contribution < 1.29 is 27.8 Å². The molecule has 1 aromatic carbocycles. The maximum absolute atomic E-state index is 16.3. The molecule has 0 saturated carbocycles. The zero-order chi connectivity index (χ0) is 37.6. The average molecular weight is 742 g/mol. The van der Waals surface area contributed by atoms with Gasteiger partial charge in [0.1, 0.15) is 35.4 Å². The molecule has 11 nitrogen and oxygen atoms in total. The van der Waals surface area contributed by atoms with Gasteiger partial charge in [0.15, 0.2) is 0 Å². The second-order valence-corrected chi connectivity index (χ2v) is 14.6. The van der Waals surface area contributed by atoms with E-state index in [1.807, 2.05) is 36.0 Å². The third-order valence-corrected chi connectivity index (χ3v) is 10.8. The lowest BCUT2D eigenvalue weighted by molar-refractivity contribution is -0.130. The highest BCUT2D eigenvalue weighted by Crippen LogP contribution is 2.48. The van der Waals surface area contributed by atoms with Crippen LogP contribution in [0, 0.1) is 11.6 Å². The number of thiophene rings is 1. The zero-order valence-electron chi connectivity index (χ0n) is 30.4. The first-order valence-electron chi connectivity index (χ1n) is 17.4. The molecule has 0 bridgehead atoms. The van der Waals surface area contributed by atoms with Crippen LogP contribution in [0.2, 0.25) is 0 Å². The summed E-state index contributed by atoms with van der Waals surface area (Å²) in [7, 11) is 5.02. The van der Waals surface area contributed by atoms with E-state index < -0.39 is 11.6 Å². The molecule has 2 amide bonds. The van der Waals surface area contributed by atoms with E-state index in [1.54, 1.807) is 30.1 Å². The number of carbonyl (C=O) groups is 2. The van der Waals surface area contributed by atoms with Crippen LogP contribution in [0.25, 0.3) is 43.9 Å². The highest BCUT2D eigenvalue weighted by Gasteiger charge is 2.34. The van der Waals surface area contributed by atoms with Gasteiger partial charge in [-0.2, -0.15) is 5.10 Å². The summed E-state index contributed by atoms with van der Waals surface area (Å²) in [4.78, 5) is 40.9. The minimum Gasteiger partial charge on any atom is -0.490 e. The number of pyridine rings is 2. The molecule has 0 saturated heterocycles. The van der Waals surface area contributed by atoms with Crippen molar-refractivity contribution in [3.8, 4) is 39.5 Å². The van der Waals surface area contributed by atoms with E-state index in [9.17, 15) is 14.0 Å². The second kappa shape index (κ2) is 14.8. The summed E-state index contributed by atoms with van der Waals surface area (Å²) in [6.45, 7) is 9.89. The number of likely N-dealkylation sites (N-methyl/N-ethyl adjacent to an activating group) is 1. The van der Waals surface area contributed by atoms with Crippen LogP contribution in [0.15, 0.2) is 54.6 Å². The van der Waals surface area contributed by atoms with Crippen molar-refractivity contribution in [1.29, 1.82) is 0 Å². The Hall–Kier alpha value is -5.05. The number of methoxy groups -OCH3 is 1. The van der Waals surface area contributed by atoms with Gasteiger partial charge in [0.2, 0.25) is 11.8 Å². The smallest absolute Gasteiger partial charge is 0.246 e. The number of hydrogen-bond acceptors (Lipinski definition) is 9. The third kappa shape index (κ3) is 6.82. The Balaban J connectivity index is 1.44. The number of halogens is 2. The molecule has 0 spiro atoms. The van der Waals surface area contributed by atoms with Gasteiger partial charge in [0.25, 0.3) is 0 Å². The number of aromatic nitrogens is 4. The van der Waals surface area contributed by atoms with Crippen molar-refractivity contribution in [3.05, 3.63) is 83.1 Å². The van der Waals surface area contributed by atoms with Crippen molar-refractivity contribution in [2.45, 2.75) is 38.9 Å². The summed E-state index contributed by atoms with van der Waals surface area (Å²) < 4.78 is 44.8. The maximum Gasteiger partial charge on any atom is 0.246 e. The van der Waals surface area contributed by atoms with E-state index in [0.717, 1.165) is 40.5 Å². The standard InChI is InChI=1S/C39H41F2N7O4S/c1-7-33(49)47-19-22(2)48-31(23(47)3)17-30(44-48)38-36(35-28(41)15-26(40)16-32(35)52-12-11-51-6)39-27(9-13-53-39)37(43-38)24-14-25-20-46(21-34(50)45(4)5)10-8-29(25)42-18-24/h7,9,13-18,22-23H,1,8,10-12,19-21H2,2-6H3/t22-,23+/m0/s1. The Morgan fingerprint density at radius 2 is 1.92 bits per heavy atom. The molecule has 5 aromatic rings. The van der Waals surface area contributed by atoms with E-state index in [-0.39, 0.29) is 48.4 Å². The van der Waals surface area contributed by atoms with Crippen LogP contribution < -0.4 is 4.74 Å². The van der Waals surface area contributed by atoms with Gasteiger partial charge in [-0.25, -0.2) is 13.8 Å². The highest BCUT2D eigenvalue weighted by atomic mass is 32.1. The third-order valence-electron chi connectivity index (χ3n) is 9.91. The normalized spacial score (nSPS) is 17.1. The van der Waals surface area contributed by atoms with Crippen molar-refractivity contribution in [2.75, 3.05) is 54.1 Å². The molecule has 2 atom stereocenters. The fraction of sp³-hybridized carbons (Fsp3) is 0.359. The van der Waals surface area contributed by atoms with Gasteiger partial charge in [-0.05, 0) is 49.1 Å². The molecule has 4 aromatic heterocycles. The molecule has 2 aliphatic rings. The van der Waals surface area contributed by atoms with Gasteiger partial charge in [0, 0.05) is 92.5 Å². The lowest BCUT2D eigenvalue weighted by atomic mass is 9.95. The first kappa shape index (κ1) is 36.3. The van der Waals surface area contributed by atoms with E-state index in [1.165, 1.54) is 30.6 Å². The Kier molecular flexibility index (Phi) is 10.1. The summed E-state index contributed by atoms with van der Waals surface area (Å²) >= 11 is 1.41. The van der Waals surface area contributed by atoms with Crippen LogP contribution in [0.3, 0.4) is 0 Å². The van der Waals surface area contributed by atoms with Crippen LogP contribution in [0.5, 0.6) is 5.75 Å². The number of rotatable bonds is 10. The van der Waals surface area contributed by atoms with Crippen LogP contribution in [0.4, 0.5) is 8.78 Å². The number of amides is 2. The van der Waals surface area contributed by atoms with Gasteiger partial charge in [-0.3, -0.25) is 24.2 Å². The highest BCUT2D eigenvalue weighted by molar-refractivity contribution is 7.18. The monoisotopic (exact) mass is 741 g/mol. The first-order valence-corrected chi connectivity index (χ1v) is 18.3. The average Bonchev–Trinajstić information content (AvgIpc) is 3.81. The van der Waals surface area contributed by atoms with Gasteiger partial charge in [0.05, 0.1) is 42.2 Å². The van der Waals surface area contributed by atoms with E-state index in [2.05, 4.69) is 17.5 Å². The van der Waals surface area contributed by atoms with Crippen molar-refractivity contribution in [3.63, 3.8) is 0 Å². The number of ether oxygens (including phenoxy) is 2. The first-order chi connectivity index (χ1) is 25.5. The number of fused-ring (bicyclic) bond motifs is 3. The van der Waals surface area contributed by atoms with E-state index in [0.29, 0.717) is 53.4 Å². The summed E-state index contributed by atoms with van der Waals surface area (Å²) in [5.41, 5.74) is 5.44. The topological polar surface area (TPSA) is 106 Å². The molecular weight excluding hydrogens is 701 g/mol. The predicted molar refractivity (Wildman–Crippen MR) is 200 cm³/mol.